The molecule has 0 aliphatic carbocycles. The Balaban J connectivity index is 1.97. The van der Waals surface area contributed by atoms with Gasteiger partial charge in [-0.05, 0) is 50.0 Å². The van der Waals surface area contributed by atoms with Crippen LogP contribution in [0.3, 0.4) is 0 Å². The minimum Gasteiger partial charge on any atom is -0.504 e. The predicted molar refractivity (Wildman–Crippen MR) is 74.6 cm³/mol. The van der Waals surface area contributed by atoms with E-state index >= 15 is 0 Å². The molecule has 5 heteroatoms. The molecule has 1 aromatic carbocycles. The van der Waals surface area contributed by atoms with Gasteiger partial charge in [0.05, 0.1) is 5.41 Å². The molecular weight excluding hydrogens is 258 g/mol. The van der Waals surface area contributed by atoms with E-state index in [1.165, 1.54) is 6.07 Å². The van der Waals surface area contributed by atoms with Gasteiger partial charge < -0.3 is 15.3 Å². The van der Waals surface area contributed by atoms with Crippen molar-refractivity contribution >= 4 is 5.97 Å². The van der Waals surface area contributed by atoms with Crippen LogP contribution in [0.2, 0.25) is 0 Å². The molecule has 1 aromatic rings. The van der Waals surface area contributed by atoms with Crippen LogP contribution in [0.15, 0.2) is 18.2 Å². The summed E-state index contributed by atoms with van der Waals surface area (Å²) in [5.74, 6) is -0.932. The van der Waals surface area contributed by atoms with Gasteiger partial charge >= 0.3 is 5.97 Å². The van der Waals surface area contributed by atoms with E-state index in [1.54, 1.807) is 12.1 Å². The van der Waals surface area contributed by atoms with Crippen LogP contribution < -0.4 is 0 Å². The number of carboxylic acids is 1. The summed E-state index contributed by atoms with van der Waals surface area (Å²) >= 11 is 0. The largest absolute Gasteiger partial charge is 0.504 e. The number of rotatable bonds is 4. The molecule has 0 spiro atoms. The van der Waals surface area contributed by atoms with E-state index in [0.29, 0.717) is 25.8 Å². The summed E-state index contributed by atoms with van der Waals surface area (Å²) in [4.78, 5) is 13.6. The lowest BCUT2D eigenvalue weighted by Crippen LogP contribution is -2.43. The number of carbonyl (C=O) groups is 1. The van der Waals surface area contributed by atoms with E-state index in [1.807, 2.05) is 6.92 Å². The van der Waals surface area contributed by atoms with E-state index in [2.05, 4.69) is 4.90 Å². The fourth-order valence-electron chi connectivity index (χ4n) is 2.78. The van der Waals surface area contributed by atoms with Crippen molar-refractivity contribution in [3.8, 4) is 11.5 Å². The first-order valence-corrected chi connectivity index (χ1v) is 6.93. The average molecular weight is 279 g/mol. The fraction of sp³-hybridized carbons (Fsp3) is 0.533. The molecule has 0 saturated carbocycles. The molecule has 3 N–H and O–H groups in total. The number of nitrogens with zero attached hydrogens (tertiary/aromatic N) is 1. The van der Waals surface area contributed by atoms with Gasteiger partial charge in [-0.15, -0.1) is 0 Å². The zero-order chi connectivity index (χ0) is 14.8. The van der Waals surface area contributed by atoms with Crippen LogP contribution in [0.4, 0.5) is 0 Å². The first-order chi connectivity index (χ1) is 9.47. The molecule has 1 aliphatic rings. The van der Waals surface area contributed by atoms with Gasteiger partial charge in [0.25, 0.3) is 0 Å². The molecule has 0 bridgehead atoms. The maximum atomic E-state index is 11.4. The van der Waals surface area contributed by atoms with Crippen molar-refractivity contribution in [1.82, 2.24) is 4.90 Å². The minimum atomic E-state index is -0.693. The van der Waals surface area contributed by atoms with Crippen LogP contribution in [0.1, 0.15) is 31.7 Å². The summed E-state index contributed by atoms with van der Waals surface area (Å²) in [6.07, 6.45) is 1.97. The van der Waals surface area contributed by atoms with E-state index in [9.17, 15) is 20.1 Å². The van der Waals surface area contributed by atoms with Crippen molar-refractivity contribution in [3.63, 3.8) is 0 Å². The Morgan fingerprint density at radius 3 is 2.40 bits per heavy atom. The van der Waals surface area contributed by atoms with Gasteiger partial charge in [0.1, 0.15) is 0 Å². The summed E-state index contributed by atoms with van der Waals surface area (Å²) in [6.45, 7) is 4.07. The number of aliphatic carboxylic acids is 1. The van der Waals surface area contributed by atoms with Gasteiger partial charge in [-0.2, -0.15) is 0 Å². The summed E-state index contributed by atoms with van der Waals surface area (Å²) in [5.41, 5.74) is 0.341. The van der Waals surface area contributed by atoms with E-state index < -0.39 is 11.4 Å². The molecule has 0 unspecified atom stereocenters. The molecule has 20 heavy (non-hydrogen) atoms. The van der Waals surface area contributed by atoms with E-state index in [0.717, 1.165) is 18.7 Å². The lowest BCUT2D eigenvalue weighted by atomic mass is 9.76. The number of hydrogen-bond acceptors (Lipinski definition) is 4. The van der Waals surface area contributed by atoms with Gasteiger partial charge in [0.2, 0.25) is 0 Å². The van der Waals surface area contributed by atoms with Crippen molar-refractivity contribution in [3.05, 3.63) is 23.8 Å². The summed E-state index contributed by atoms with van der Waals surface area (Å²) in [7, 11) is 0. The molecule has 110 valence electrons. The Morgan fingerprint density at radius 1 is 1.25 bits per heavy atom. The number of aromatic hydroxyl groups is 2. The van der Waals surface area contributed by atoms with Crippen molar-refractivity contribution in [2.24, 2.45) is 5.41 Å². The molecule has 0 radical (unpaired) electrons. The summed E-state index contributed by atoms with van der Waals surface area (Å²) < 4.78 is 0. The van der Waals surface area contributed by atoms with E-state index in [-0.39, 0.29) is 11.5 Å². The van der Waals surface area contributed by atoms with Crippen molar-refractivity contribution < 1.29 is 20.1 Å². The number of piperidine rings is 1. The third kappa shape index (κ3) is 2.88. The Hall–Kier alpha value is -1.75. The number of carboxylic acid groups (broad SMARTS) is 1. The monoisotopic (exact) mass is 279 g/mol. The number of phenolic OH excluding ortho intramolecular Hbond substituents is 2. The molecule has 1 heterocycles. The number of phenols is 2. The Kier molecular flexibility index (Phi) is 4.18. The standard InChI is InChI=1S/C15H21NO4/c1-2-15(14(19)20)5-7-16(8-6-15)10-11-3-4-12(17)13(18)9-11/h3-4,9,17-18H,2,5-8,10H2,1H3,(H,19,20). The molecule has 1 aliphatic heterocycles. The van der Waals surface area contributed by atoms with Gasteiger partial charge in [0, 0.05) is 6.54 Å². The van der Waals surface area contributed by atoms with Crippen molar-refractivity contribution in [2.75, 3.05) is 13.1 Å². The molecule has 0 atom stereocenters. The van der Waals surface area contributed by atoms with Crippen LogP contribution in [0.25, 0.3) is 0 Å². The quantitative estimate of drug-likeness (QED) is 0.736. The van der Waals surface area contributed by atoms with Gasteiger partial charge in [-0.25, -0.2) is 0 Å². The first kappa shape index (κ1) is 14.7. The second kappa shape index (κ2) is 5.71. The van der Waals surface area contributed by atoms with Crippen LogP contribution in [-0.4, -0.2) is 39.3 Å². The van der Waals surface area contributed by atoms with Gasteiger partial charge in [-0.3, -0.25) is 9.69 Å². The topological polar surface area (TPSA) is 81.0 Å². The van der Waals surface area contributed by atoms with Crippen molar-refractivity contribution in [2.45, 2.75) is 32.7 Å². The fourth-order valence-corrected chi connectivity index (χ4v) is 2.78. The molecule has 5 nitrogen and oxygen atoms in total. The SMILES string of the molecule is CCC1(C(=O)O)CCN(Cc2ccc(O)c(O)c2)CC1. The zero-order valence-electron chi connectivity index (χ0n) is 11.7. The highest BCUT2D eigenvalue weighted by Gasteiger charge is 2.39. The molecular formula is C15H21NO4. The summed E-state index contributed by atoms with van der Waals surface area (Å²) in [5, 5.41) is 28.1. The molecule has 2 rings (SSSR count). The lowest BCUT2D eigenvalue weighted by molar-refractivity contribution is -0.152. The molecule has 1 saturated heterocycles. The third-order valence-electron chi connectivity index (χ3n) is 4.39. The van der Waals surface area contributed by atoms with Crippen LogP contribution >= 0.6 is 0 Å². The Labute approximate surface area is 118 Å². The third-order valence-corrected chi connectivity index (χ3v) is 4.39. The highest BCUT2D eigenvalue weighted by Crippen LogP contribution is 2.35. The lowest BCUT2D eigenvalue weighted by Gasteiger charge is -2.38. The van der Waals surface area contributed by atoms with Crippen LogP contribution in [0.5, 0.6) is 11.5 Å². The normalized spacial score (nSPS) is 18.9. The first-order valence-electron chi connectivity index (χ1n) is 6.93. The highest BCUT2D eigenvalue weighted by molar-refractivity contribution is 5.74. The second-order valence-electron chi connectivity index (χ2n) is 5.54. The van der Waals surface area contributed by atoms with Crippen LogP contribution in [0, 0.1) is 5.41 Å². The van der Waals surface area contributed by atoms with Gasteiger partial charge in [-0.1, -0.05) is 13.0 Å². The number of hydrogen-bond donors (Lipinski definition) is 3. The number of likely N-dealkylation sites (tertiary alicyclic amines) is 1. The smallest absolute Gasteiger partial charge is 0.309 e. The number of benzene rings is 1. The maximum absolute atomic E-state index is 11.4. The Bertz CT molecular complexity index is 493. The average Bonchev–Trinajstić information content (AvgIpc) is 2.44. The zero-order valence-corrected chi connectivity index (χ0v) is 11.7. The van der Waals surface area contributed by atoms with Crippen LogP contribution in [-0.2, 0) is 11.3 Å². The summed E-state index contributed by atoms with van der Waals surface area (Å²) in [6, 6.07) is 4.80. The van der Waals surface area contributed by atoms with Gasteiger partial charge in [0.15, 0.2) is 11.5 Å². The molecule has 0 aromatic heterocycles. The van der Waals surface area contributed by atoms with Crippen molar-refractivity contribution in [1.29, 1.82) is 0 Å². The highest BCUT2D eigenvalue weighted by atomic mass is 16.4. The Morgan fingerprint density at radius 2 is 1.90 bits per heavy atom. The predicted octanol–water partition coefficient (Wildman–Crippen LogP) is 2.17. The van der Waals surface area contributed by atoms with E-state index in [4.69, 9.17) is 0 Å². The molecule has 0 amide bonds. The second-order valence-corrected chi connectivity index (χ2v) is 5.54. The molecule has 1 fully saturated rings. The maximum Gasteiger partial charge on any atom is 0.309 e. The minimum absolute atomic E-state index is 0.118.